The van der Waals surface area contributed by atoms with E-state index in [9.17, 15) is 17.6 Å². The number of carbonyl (C=O) groups is 1. The molecule has 0 radical (unpaired) electrons. The molecular weight excluding hydrogens is 431 g/mol. The molecule has 0 saturated heterocycles. The Balaban J connectivity index is 1.44. The smallest absolute Gasteiger partial charge is 0.336 e. The lowest BCUT2D eigenvalue weighted by Gasteiger charge is -2.01. The number of benzene rings is 2. The van der Waals surface area contributed by atoms with Crippen LogP contribution in [0.5, 0.6) is 0 Å². The summed E-state index contributed by atoms with van der Waals surface area (Å²) in [6.45, 7) is 0. The van der Waals surface area contributed by atoms with Crippen LogP contribution in [0, 0.1) is 5.82 Å². The third kappa shape index (κ3) is 4.42. The Labute approximate surface area is 174 Å². The van der Waals surface area contributed by atoms with E-state index < -0.39 is 32.5 Å². The lowest BCUT2D eigenvalue weighted by molar-refractivity contribution is -0.113. The number of carbonyl (C=O) groups excluding carboxylic acids is 1. The first-order valence-electron chi connectivity index (χ1n) is 8.54. The van der Waals surface area contributed by atoms with Gasteiger partial charge in [-0.2, -0.15) is 0 Å². The molecule has 152 valence electrons. The number of nitrogens with one attached hydrogen (secondary N) is 1. The van der Waals surface area contributed by atoms with Gasteiger partial charge in [0, 0.05) is 16.5 Å². The normalized spacial score (nSPS) is 11.4. The minimum atomic E-state index is -4.17. The molecule has 4 rings (SSSR count). The van der Waals surface area contributed by atoms with Crippen LogP contribution in [-0.4, -0.2) is 35.3 Å². The van der Waals surface area contributed by atoms with Crippen molar-refractivity contribution in [3.63, 3.8) is 0 Å². The summed E-state index contributed by atoms with van der Waals surface area (Å²) in [5.74, 6) is -2.23. The molecule has 0 unspecified atom stereocenters. The number of thiazole rings is 1. The van der Waals surface area contributed by atoms with E-state index in [0.717, 1.165) is 5.56 Å². The van der Waals surface area contributed by atoms with Crippen LogP contribution in [0.2, 0.25) is 0 Å². The van der Waals surface area contributed by atoms with Gasteiger partial charge in [-0.15, -0.1) is 16.4 Å². The van der Waals surface area contributed by atoms with Crippen LogP contribution in [0.25, 0.3) is 22.7 Å². The summed E-state index contributed by atoms with van der Waals surface area (Å²) in [6.07, 6.45) is 0. The highest BCUT2D eigenvalue weighted by atomic mass is 32.2. The van der Waals surface area contributed by atoms with Crippen molar-refractivity contribution in [2.45, 2.75) is 5.22 Å². The van der Waals surface area contributed by atoms with Gasteiger partial charge in [-0.05, 0) is 24.3 Å². The standard InChI is InChI=1S/C19H13FN4O4S2/c20-14-8-6-13(7-9-14)17-23-24-19(28-17)30(26,27)11-16(25)22-18-21-15(10-29-18)12-4-2-1-3-5-12/h1-10H,11H2,(H,21,22,25). The van der Waals surface area contributed by atoms with Gasteiger partial charge in [-0.3, -0.25) is 4.79 Å². The maximum Gasteiger partial charge on any atom is 0.336 e. The van der Waals surface area contributed by atoms with E-state index >= 15 is 0 Å². The molecule has 2 heterocycles. The molecule has 2 aromatic heterocycles. The van der Waals surface area contributed by atoms with E-state index in [1.165, 1.54) is 35.6 Å². The Morgan fingerprint density at radius 1 is 1.03 bits per heavy atom. The van der Waals surface area contributed by atoms with Gasteiger partial charge in [-0.1, -0.05) is 35.4 Å². The number of anilines is 1. The highest BCUT2D eigenvalue weighted by molar-refractivity contribution is 7.91. The minimum Gasteiger partial charge on any atom is -0.408 e. The monoisotopic (exact) mass is 444 g/mol. The van der Waals surface area contributed by atoms with Crippen LogP contribution in [0.3, 0.4) is 0 Å². The molecule has 0 aliphatic rings. The minimum absolute atomic E-state index is 0.0959. The van der Waals surface area contributed by atoms with Crippen molar-refractivity contribution in [3.8, 4) is 22.7 Å². The summed E-state index contributed by atoms with van der Waals surface area (Å²) in [6, 6.07) is 14.5. The molecule has 8 nitrogen and oxygen atoms in total. The summed E-state index contributed by atoms with van der Waals surface area (Å²) < 4.78 is 43.0. The highest BCUT2D eigenvalue weighted by Gasteiger charge is 2.27. The average molecular weight is 444 g/mol. The summed E-state index contributed by atoms with van der Waals surface area (Å²) in [4.78, 5) is 16.5. The Bertz CT molecular complexity index is 1290. The molecule has 0 atom stereocenters. The van der Waals surface area contributed by atoms with Crippen molar-refractivity contribution in [1.29, 1.82) is 0 Å². The Morgan fingerprint density at radius 2 is 1.77 bits per heavy atom. The number of aromatic nitrogens is 3. The average Bonchev–Trinajstić information content (AvgIpc) is 3.39. The van der Waals surface area contributed by atoms with Crippen molar-refractivity contribution in [2.24, 2.45) is 0 Å². The van der Waals surface area contributed by atoms with Crippen molar-refractivity contribution in [3.05, 3.63) is 65.8 Å². The topological polar surface area (TPSA) is 115 Å². The predicted octanol–water partition coefficient (Wildman–Crippen LogP) is 3.41. The molecule has 0 saturated carbocycles. The number of nitrogens with zero attached hydrogens (tertiary/aromatic N) is 3. The molecule has 2 aromatic carbocycles. The van der Waals surface area contributed by atoms with Crippen molar-refractivity contribution in [2.75, 3.05) is 11.1 Å². The molecule has 1 amide bonds. The van der Waals surface area contributed by atoms with Gasteiger partial charge in [0.2, 0.25) is 21.6 Å². The zero-order chi connectivity index (χ0) is 21.1. The molecule has 0 spiro atoms. The Hall–Kier alpha value is -3.44. The van der Waals surface area contributed by atoms with E-state index in [4.69, 9.17) is 4.42 Å². The number of hydrogen-bond acceptors (Lipinski definition) is 8. The van der Waals surface area contributed by atoms with E-state index in [-0.39, 0.29) is 11.0 Å². The van der Waals surface area contributed by atoms with Gasteiger partial charge in [0.15, 0.2) is 5.13 Å². The Morgan fingerprint density at radius 3 is 2.50 bits per heavy atom. The van der Waals surface area contributed by atoms with Crippen molar-refractivity contribution >= 4 is 32.2 Å². The second kappa shape index (κ2) is 8.13. The van der Waals surface area contributed by atoms with Crippen molar-refractivity contribution < 1.29 is 22.0 Å². The van der Waals surface area contributed by atoms with Crippen LogP contribution >= 0.6 is 11.3 Å². The molecule has 11 heteroatoms. The Kier molecular flexibility index (Phi) is 5.38. The third-order valence-electron chi connectivity index (χ3n) is 3.90. The number of sulfone groups is 1. The van der Waals surface area contributed by atoms with E-state index in [2.05, 4.69) is 20.5 Å². The van der Waals surface area contributed by atoms with E-state index in [0.29, 0.717) is 11.3 Å². The molecule has 1 N–H and O–H groups in total. The second-order valence-electron chi connectivity index (χ2n) is 6.09. The van der Waals surface area contributed by atoms with Gasteiger partial charge < -0.3 is 9.73 Å². The van der Waals surface area contributed by atoms with Gasteiger partial charge in [0.25, 0.3) is 0 Å². The molecular formula is C19H13FN4O4S2. The molecule has 0 fully saturated rings. The summed E-state index contributed by atoms with van der Waals surface area (Å²) in [7, 11) is -4.17. The number of hydrogen-bond donors (Lipinski definition) is 1. The second-order valence-corrected chi connectivity index (χ2v) is 8.82. The molecule has 0 aliphatic carbocycles. The van der Waals surface area contributed by atoms with Gasteiger partial charge in [0.1, 0.15) is 11.6 Å². The number of halogens is 1. The predicted molar refractivity (Wildman–Crippen MR) is 108 cm³/mol. The molecule has 30 heavy (non-hydrogen) atoms. The first-order valence-corrected chi connectivity index (χ1v) is 11.1. The van der Waals surface area contributed by atoms with Crippen molar-refractivity contribution in [1.82, 2.24) is 15.2 Å². The number of amides is 1. The summed E-state index contributed by atoms with van der Waals surface area (Å²) in [5.41, 5.74) is 1.90. The first-order chi connectivity index (χ1) is 14.4. The number of rotatable bonds is 6. The molecule has 4 aromatic rings. The van der Waals surface area contributed by atoms with Gasteiger partial charge in [0.05, 0.1) is 5.69 Å². The SMILES string of the molecule is O=C(CS(=O)(=O)c1nnc(-c2ccc(F)cc2)o1)Nc1nc(-c2ccccc2)cs1. The lowest BCUT2D eigenvalue weighted by atomic mass is 10.2. The van der Waals surface area contributed by atoms with E-state index in [1.54, 1.807) is 5.38 Å². The fourth-order valence-electron chi connectivity index (χ4n) is 2.51. The zero-order valence-electron chi connectivity index (χ0n) is 15.1. The van der Waals surface area contributed by atoms with Crippen LogP contribution in [-0.2, 0) is 14.6 Å². The fraction of sp³-hybridized carbons (Fsp3) is 0.0526. The van der Waals surface area contributed by atoms with Gasteiger partial charge >= 0.3 is 5.22 Å². The lowest BCUT2D eigenvalue weighted by Crippen LogP contribution is -2.23. The zero-order valence-corrected chi connectivity index (χ0v) is 16.8. The van der Waals surface area contributed by atoms with Crippen LogP contribution < -0.4 is 5.32 Å². The van der Waals surface area contributed by atoms with Crippen LogP contribution in [0.4, 0.5) is 9.52 Å². The molecule has 0 bridgehead atoms. The quantitative estimate of drug-likeness (QED) is 0.484. The highest BCUT2D eigenvalue weighted by Crippen LogP contribution is 2.25. The van der Waals surface area contributed by atoms with Crippen LogP contribution in [0.1, 0.15) is 0 Å². The molecule has 0 aliphatic heterocycles. The maximum absolute atomic E-state index is 13.0. The van der Waals surface area contributed by atoms with Gasteiger partial charge in [-0.25, -0.2) is 17.8 Å². The summed E-state index contributed by atoms with van der Waals surface area (Å²) in [5, 5.41) is 10.9. The largest absolute Gasteiger partial charge is 0.408 e. The van der Waals surface area contributed by atoms with E-state index in [1.807, 2.05) is 30.3 Å². The summed E-state index contributed by atoms with van der Waals surface area (Å²) >= 11 is 1.18. The third-order valence-corrected chi connectivity index (χ3v) is 6.00. The first kappa shape index (κ1) is 19.9. The maximum atomic E-state index is 13.0. The fourth-order valence-corrected chi connectivity index (χ4v) is 4.15. The van der Waals surface area contributed by atoms with Crippen LogP contribution in [0.15, 0.2) is 69.6 Å².